The van der Waals surface area contributed by atoms with Crippen LogP contribution in [0.25, 0.3) is 0 Å². The van der Waals surface area contributed by atoms with E-state index in [1.807, 2.05) is 13.8 Å². The molecule has 0 amide bonds. The molecule has 12 heavy (non-hydrogen) atoms. The van der Waals surface area contributed by atoms with Gasteiger partial charge in [0.1, 0.15) is 0 Å². The van der Waals surface area contributed by atoms with E-state index in [4.69, 9.17) is 10.4 Å². The minimum atomic E-state index is 0.367. The smallest absolute Gasteiger partial charge is 0.171 e. The SMILES string of the molecule is CCSC(=N/O)/C(=N\O)SCC. The summed E-state index contributed by atoms with van der Waals surface area (Å²) in [4.78, 5) is 0. The normalized spacial score (nSPS) is 13.5. The molecule has 0 aliphatic rings. The molecule has 70 valence electrons. The lowest BCUT2D eigenvalue weighted by molar-refractivity contribution is 0.316. The zero-order valence-corrected chi connectivity index (χ0v) is 8.65. The molecule has 0 unspecified atom stereocenters. The van der Waals surface area contributed by atoms with E-state index >= 15 is 0 Å². The summed E-state index contributed by atoms with van der Waals surface area (Å²) in [6.07, 6.45) is 0. The highest BCUT2D eigenvalue weighted by Gasteiger charge is 2.09. The van der Waals surface area contributed by atoms with Crippen LogP contribution in [-0.4, -0.2) is 32.0 Å². The maximum atomic E-state index is 8.55. The lowest BCUT2D eigenvalue weighted by atomic mass is 10.8. The highest BCUT2D eigenvalue weighted by atomic mass is 32.2. The van der Waals surface area contributed by atoms with E-state index in [2.05, 4.69) is 10.3 Å². The summed E-state index contributed by atoms with van der Waals surface area (Å²) in [6, 6.07) is 0. The minimum absolute atomic E-state index is 0.367. The van der Waals surface area contributed by atoms with E-state index in [1.54, 1.807) is 0 Å². The van der Waals surface area contributed by atoms with Crippen LogP contribution in [0.1, 0.15) is 13.8 Å². The molecule has 0 aliphatic carbocycles. The van der Waals surface area contributed by atoms with Gasteiger partial charge in [-0.2, -0.15) is 0 Å². The average molecular weight is 208 g/mol. The standard InChI is InChI=1S/C6H12N2O2S2/c1-3-11-5(7-9)6(8-10)12-4-2/h9-10H,3-4H2,1-2H3/b7-5+,8-6+. The Morgan fingerprint density at radius 1 is 1.00 bits per heavy atom. The van der Waals surface area contributed by atoms with E-state index in [-0.39, 0.29) is 0 Å². The van der Waals surface area contributed by atoms with Crippen LogP contribution in [0.4, 0.5) is 0 Å². The molecule has 0 aromatic carbocycles. The van der Waals surface area contributed by atoms with Crippen molar-refractivity contribution in [2.24, 2.45) is 10.3 Å². The lowest BCUT2D eigenvalue weighted by Gasteiger charge is -2.01. The molecule has 0 saturated heterocycles. The predicted octanol–water partition coefficient (Wildman–Crippen LogP) is 2.07. The number of hydrogen-bond donors (Lipinski definition) is 2. The third-order valence-corrected chi connectivity index (χ3v) is 2.73. The highest BCUT2D eigenvalue weighted by Crippen LogP contribution is 2.13. The summed E-state index contributed by atoms with van der Waals surface area (Å²) < 4.78 is 0. The second-order valence-electron chi connectivity index (χ2n) is 1.68. The van der Waals surface area contributed by atoms with Crippen molar-refractivity contribution in [3.63, 3.8) is 0 Å². The predicted molar refractivity (Wildman–Crippen MR) is 54.7 cm³/mol. The topological polar surface area (TPSA) is 65.2 Å². The first-order chi connectivity index (χ1) is 5.79. The largest absolute Gasteiger partial charge is 0.410 e. The van der Waals surface area contributed by atoms with Crippen molar-refractivity contribution in [3.8, 4) is 0 Å². The van der Waals surface area contributed by atoms with Gasteiger partial charge in [0.25, 0.3) is 0 Å². The first kappa shape index (κ1) is 11.6. The van der Waals surface area contributed by atoms with Gasteiger partial charge < -0.3 is 10.4 Å². The average Bonchev–Trinajstić information content (AvgIpc) is 2.11. The molecule has 0 spiro atoms. The van der Waals surface area contributed by atoms with Crippen molar-refractivity contribution in [1.82, 2.24) is 0 Å². The molecule has 0 heterocycles. The van der Waals surface area contributed by atoms with Gasteiger partial charge in [-0.05, 0) is 11.5 Å². The van der Waals surface area contributed by atoms with Crippen molar-refractivity contribution in [2.45, 2.75) is 13.8 Å². The third kappa shape index (κ3) is 3.87. The van der Waals surface area contributed by atoms with E-state index in [0.717, 1.165) is 11.5 Å². The molecule has 0 aliphatic heterocycles. The fraction of sp³-hybridized carbons (Fsp3) is 0.667. The van der Waals surface area contributed by atoms with Crippen molar-refractivity contribution >= 4 is 33.6 Å². The van der Waals surface area contributed by atoms with E-state index < -0.39 is 0 Å². The molecular weight excluding hydrogens is 196 g/mol. The van der Waals surface area contributed by atoms with E-state index in [9.17, 15) is 0 Å². The number of nitrogens with zero attached hydrogens (tertiary/aromatic N) is 2. The Hall–Kier alpha value is -0.360. The molecule has 0 aromatic rings. The summed E-state index contributed by atoms with van der Waals surface area (Å²) in [5.41, 5.74) is 0. The maximum absolute atomic E-state index is 8.55. The van der Waals surface area contributed by atoms with Gasteiger partial charge in [-0.25, -0.2) is 0 Å². The third-order valence-electron chi connectivity index (χ3n) is 0.927. The van der Waals surface area contributed by atoms with Crippen molar-refractivity contribution in [1.29, 1.82) is 0 Å². The summed E-state index contributed by atoms with van der Waals surface area (Å²) in [5.74, 6) is 1.56. The molecule has 0 fully saturated rings. The van der Waals surface area contributed by atoms with Gasteiger partial charge in [-0.3, -0.25) is 0 Å². The van der Waals surface area contributed by atoms with Crippen molar-refractivity contribution in [3.05, 3.63) is 0 Å². The van der Waals surface area contributed by atoms with Crippen LogP contribution in [0.3, 0.4) is 0 Å². The Bertz CT molecular complexity index is 162. The van der Waals surface area contributed by atoms with Crippen LogP contribution < -0.4 is 0 Å². The fourth-order valence-corrected chi connectivity index (χ4v) is 1.88. The summed E-state index contributed by atoms with van der Waals surface area (Å²) >= 11 is 2.67. The molecule has 0 aromatic heterocycles. The molecule has 2 N–H and O–H groups in total. The Labute approximate surface area is 80.1 Å². The van der Waals surface area contributed by atoms with Gasteiger partial charge >= 0.3 is 0 Å². The first-order valence-electron chi connectivity index (χ1n) is 3.50. The first-order valence-corrected chi connectivity index (χ1v) is 5.47. The molecule has 0 saturated carbocycles. The van der Waals surface area contributed by atoms with Gasteiger partial charge in [0.2, 0.25) is 0 Å². The van der Waals surface area contributed by atoms with Gasteiger partial charge in [0.15, 0.2) is 10.1 Å². The number of hydrogen-bond acceptors (Lipinski definition) is 6. The van der Waals surface area contributed by atoms with E-state index in [1.165, 1.54) is 23.5 Å². The van der Waals surface area contributed by atoms with Gasteiger partial charge in [-0.15, -0.1) is 23.5 Å². The summed E-state index contributed by atoms with van der Waals surface area (Å²) in [5, 5.41) is 23.9. The zero-order chi connectivity index (χ0) is 9.40. The van der Waals surface area contributed by atoms with Crippen molar-refractivity contribution < 1.29 is 10.4 Å². The maximum Gasteiger partial charge on any atom is 0.171 e. The molecular formula is C6H12N2O2S2. The van der Waals surface area contributed by atoms with E-state index in [0.29, 0.717) is 10.1 Å². The van der Waals surface area contributed by atoms with Crippen LogP contribution in [0.5, 0.6) is 0 Å². The van der Waals surface area contributed by atoms with Crippen LogP contribution in [-0.2, 0) is 0 Å². The summed E-state index contributed by atoms with van der Waals surface area (Å²) in [6.45, 7) is 3.86. The van der Waals surface area contributed by atoms with Gasteiger partial charge in [0, 0.05) is 0 Å². The zero-order valence-electron chi connectivity index (χ0n) is 7.02. The summed E-state index contributed by atoms with van der Waals surface area (Å²) in [7, 11) is 0. The van der Waals surface area contributed by atoms with Crippen LogP contribution in [0.2, 0.25) is 0 Å². The molecule has 0 radical (unpaired) electrons. The second-order valence-corrected chi connectivity index (χ2v) is 4.18. The molecule has 6 heteroatoms. The Morgan fingerprint density at radius 2 is 1.33 bits per heavy atom. The Kier molecular flexibility index (Phi) is 7.08. The minimum Gasteiger partial charge on any atom is -0.410 e. The molecule has 0 atom stereocenters. The van der Waals surface area contributed by atoms with Gasteiger partial charge in [-0.1, -0.05) is 24.2 Å². The van der Waals surface area contributed by atoms with Crippen LogP contribution in [0, 0.1) is 0 Å². The number of rotatable bonds is 2. The van der Waals surface area contributed by atoms with Crippen LogP contribution >= 0.6 is 23.5 Å². The molecule has 4 nitrogen and oxygen atoms in total. The van der Waals surface area contributed by atoms with Crippen molar-refractivity contribution in [2.75, 3.05) is 11.5 Å². The van der Waals surface area contributed by atoms with Gasteiger partial charge in [0.05, 0.1) is 0 Å². The fourth-order valence-electron chi connectivity index (χ4n) is 0.540. The Balaban J connectivity index is 4.26. The lowest BCUT2D eigenvalue weighted by Crippen LogP contribution is -2.07. The second kappa shape index (κ2) is 7.30. The molecule has 0 bridgehead atoms. The highest BCUT2D eigenvalue weighted by molar-refractivity contribution is 8.25. The quantitative estimate of drug-likeness (QED) is 0.315. The Morgan fingerprint density at radius 3 is 1.50 bits per heavy atom. The van der Waals surface area contributed by atoms with Crippen LogP contribution in [0.15, 0.2) is 10.3 Å². The monoisotopic (exact) mass is 208 g/mol. The number of oxime groups is 2. The number of thioether (sulfide) groups is 2. The molecule has 0 rings (SSSR count).